The number of ether oxygens (including phenoxy) is 2. The van der Waals surface area contributed by atoms with Crippen molar-refractivity contribution in [2.45, 2.75) is 44.8 Å². The highest BCUT2D eigenvalue weighted by atomic mass is 16.7. The molecule has 2 saturated heterocycles. The quantitative estimate of drug-likeness (QED) is 0.701. The molecule has 2 aliphatic heterocycles. The van der Waals surface area contributed by atoms with Gasteiger partial charge in [0.2, 0.25) is 0 Å². The zero-order valence-electron chi connectivity index (χ0n) is 15.9. The second-order valence-electron chi connectivity index (χ2n) is 7.59. The van der Waals surface area contributed by atoms with Crippen molar-refractivity contribution in [3.63, 3.8) is 0 Å². The highest BCUT2D eigenvalue weighted by Gasteiger charge is 2.23. The van der Waals surface area contributed by atoms with Gasteiger partial charge in [0.15, 0.2) is 0 Å². The third-order valence-electron chi connectivity index (χ3n) is 5.79. The summed E-state index contributed by atoms with van der Waals surface area (Å²) >= 11 is 0. The van der Waals surface area contributed by atoms with Crippen LogP contribution in [0.25, 0.3) is 11.1 Å². The molecule has 0 bridgehead atoms. The summed E-state index contributed by atoms with van der Waals surface area (Å²) in [6.07, 6.45) is 3.71. The second-order valence-corrected chi connectivity index (χ2v) is 7.59. The third kappa shape index (κ3) is 4.33. The molecular weight excluding hydrogens is 338 g/mol. The molecule has 0 amide bonds. The molecule has 0 spiro atoms. The van der Waals surface area contributed by atoms with E-state index in [1.54, 1.807) is 0 Å². The zero-order valence-corrected chi connectivity index (χ0v) is 15.9. The van der Waals surface area contributed by atoms with E-state index in [-0.39, 0.29) is 6.10 Å². The number of nitrogens with zero attached hydrogens (tertiary/aromatic N) is 1. The summed E-state index contributed by atoms with van der Waals surface area (Å²) in [6.45, 7) is 5.15. The maximum Gasteiger partial charge on any atom is 0.508 e. The molecule has 4 heteroatoms. The van der Waals surface area contributed by atoms with Gasteiger partial charge in [0.05, 0.1) is 6.61 Å². The van der Waals surface area contributed by atoms with Gasteiger partial charge in [-0.3, -0.25) is 0 Å². The standard InChI is InChI=1S/C23H27NO3/c1-17-3-2-14-24(17)15-12-18-4-6-19(7-5-18)20-8-10-21(11-9-20)22-13-16-26-23(25)27-22/h4-11,17,22H,2-3,12-16H2,1H3/t17-,22?/m1/s1. The Balaban J connectivity index is 1.37. The van der Waals surface area contributed by atoms with Gasteiger partial charge >= 0.3 is 6.16 Å². The van der Waals surface area contributed by atoms with E-state index in [0.29, 0.717) is 13.0 Å². The Hall–Kier alpha value is -2.33. The van der Waals surface area contributed by atoms with Gasteiger partial charge in [-0.2, -0.15) is 0 Å². The second kappa shape index (κ2) is 8.13. The summed E-state index contributed by atoms with van der Waals surface area (Å²) in [5.41, 5.74) is 4.80. The van der Waals surface area contributed by atoms with Gasteiger partial charge in [-0.05, 0) is 55.0 Å². The van der Waals surface area contributed by atoms with Gasteiger partial charge in [0.1, 0.15) is 6.10 Å². The minimum atomic E-state index is -0.575. The third-order valence-corrected chi connectivity index (χ3v) is 5.79. The molecule has 2 fully saturated rings. The van der Waals surface area contributed by atoms with Crippen LogP contribution in [0.1, 0.15) is 43.4 Å². The lowest BCUT2D eigenvalue weighted by molar-refractivity contribution is -0.0235. The fourth-order valence-electron chi connectivity index (χ4n) is 4.04. The topological polar surface area (TPSA) is 38.8 Å². The number of carbonyl (C=O) groups excluding carboxylic acids is 1. The smallest absolute Gasteiger partial charge is 0.434 e. The Morgan fingerprint density at radius 2 is 1.70 bits per heavy atom. The van der Waals surface area contributed by atoms with Crippen LogP contribution in [0.2, 0.25) is 0 Å². The van der Waals surface area contributed by atoms with Crippen LogP contribution in [0.5, 0.6) is 0 Å². The van der Waals surface area contributed by atoms with Crippen LogP contribution in [0, 0.1) is 0 Å². The lowest BCUT2D eigenvalue weighted by Gasteiger charge is -2.22. The van der Waals surface area contributed by atoms with Crippen molar-refractivity contribution >= 4 is 6.16 Å². The summed E-state index contributed by atoms with van der Waals surface area (Å²) in [6, 6.07) is 17.9. The molecule has 4 rings (SSSR count). The van der Waals surface area contributed by atoms with Gasteiger partial charge in [0, 0.05) is 19.0 Å². The number of carbonyl (C=O) groups is 1. The molecule has 0 aliphatic carbocycles. The van der Waals surface area contributed by atoms with Crippen LogP contribution >= 0.6 is 0 Å². The molecular formula is C23H27NO3. The maximum absolute atomic E-state index is 11.3. The van der Waals surface area contributed by atoms with E-state index in [2.05, 4.69) is 48.2 Å². The number of hydrogen-bond acceptors (Lipinski definition) is 4. The van der Waals surface area contributed by atoms with Crippen LogP contribution in [0.3, 0.4) is 0 Å². The molecule has 2 aromatic carbocycles. The fraction of sp³-hybridized carbons (Fsp3) is 0.435. The van der Waals surface area contributed by atoms with Crippen LogP contribution in [-0.4, -0.2) is 36.8 Å². The number of hydrogen-bond donors (Lipinski definition) is 0. The van der Waals surface area contributed by atoms with Crippen molar-refractivity contribution in [3.05, 3.63) is 59.7 Å². The molecule has 2 atom stereocenters. The maximum atomic E-state index is 11.3. The Morgan fingerprint density at radius 3 is 2.33 bits per heavy atom. The summed E-state index contributed by atoms with van der Waals surface area (Å²) in [4.78, 5) is 13.9. The van der Waals surface area contributed by atoms with E-state index >= 15 is 0 Å². The summed E-state index contributed by atoms with van der Waals surface area (Å²) in [5.74, 6) is 0. The van der Waals surface area contributed by atoms with Crippen LogP contribution in [0.4, 0.5) is 4.79 Å². The Kier molecular flexibility index (Phi) is 5.44. The van der Waals surface area contributed by atoms with Crippen molar-refractivity contribution < 1.29 is 14.3 Å². The van der Waals surface area contributed by atoms with E-state index in [0.717, 1.165) is 24.6 Å². The van der Waals surface area contributed by atoms with E-state index in [4.69, 9.17) is 9.47 Å². The zero-order chi connectivity index (χ0) is 18.6. The normalized spacial score (nSPS) is 23.1. The largest absolute Gasteiger partial charge is 0.508 e. The molecule has 27 heavy (non-hydrogen) atoms. The van der Waals surface area contributed by atoms with E-state index in [1.807, 2.05) is 12.1 Å². The molecule has 4 nitrogen and oxygen atoms in total. The summed E-state index contributed by atoms with van der Waals surface area (Å²) < 4.78 is 10.1. The molecule has 0 saturated carbocycles. The van der Waals surface area contributed by atoms with Gasteiger partial charge in [0.25, 0.3) is 0 Å². The minimum Gasteiger partial charge on any atom is -0.434 e. The lowest BCUT2D eigenvalue weighted by Crippen LogP contribution is -2.28. The summed E-state index contributed by atoms with van der Waals surface area (Å²) in [7, 11) is 0. The van der Waals surface area contributed by atoms with Crippen molar-refractivity contribution in [1.82, 2.24) is 4.90 Å². The molecule has 2 aliphatic rings. The number of rotatable bonds is 5. The van der Waals surface area contributed by atoms with Crippen molar-refractivity contribution in [2.75, 3.05) is 19.7 Å². The van der Waals surface area contributed by atoms with Crippen LogP contribution in [0.15, 0.2) is 48.5 Å². The Morgan fingerprint density at radius 1 is 1.00 bits per heavy atom. The molecule has 2 heterocycles. The molecule has 2 aromatic rings. The molecule has 1 unspecified atom stereocenters. The van der Waals surface area contributed by atoms with Gasteiger partial charge in [-0.15, -0.1) is 0 Å². The van der Waals surface area contributed by atoms with Crippen molar-refractivity contribution in [1.29, 1.82) is 0 Å². The number of cyclic esters (lactones) is 2. The number of likely N-dealkylation sites (tertiary alicyclic amines) is 1. The van der Waals surface area contributed by atoms with E-state index < -0.39 is 6.16 Å². The van der Waals surface area contributed by atoms with Gasteiger partial charge in [-0.25, -0.2) is 4.79 Å². The molecule has 0 N–H and O–H groups in total. The number of benzene rings is 2. The first-order valence-electron chi connectivity index (χ1n) is 9.96. The van der Waals surface area contributed by atoms with E-state index in [9.17, 15) is 4.79 Å². The van der Waals surface area contributed by atoms with Crippen molar-refractivity contribution in [2.24, 2.45) is 0 Å². The SMILES string of the molecule is C[C@@H]1CCCN1CCc1ccc(-c2ccc(C3CCOC(=O)O3)cc2)cc1. The first-order chi connectivity index (χ1) is 13.2. The molecule has 142 valence electrons. The predicted molar refractivity (Wildman–Crippen MR) is 106 cm³/mol. The Labute approximate surface area is 161 Å². The first kappa shape index (κ1) is 18.1. The monoisotopic (exact) mass is 365 g/mol. The van der Waals surface area contributed by atoms with Crippen LogP contribution in [-0.2, 0) is 15.9 Å². The average molecular weight is 365 g/mol. The average Bonchev–Trinajstić information content (AvgIpc) is 3.12. The Bertz CT molecular complexity index is 769. The van der Waals surface area contributed by atoms with Crippen LogP contribution < -0.4 is 0 Å². The van der Waals surface area contributed by atoms with Gasteiger partial charge < -0.3 is 14.4 Å². The minimum absolute atomic E-state index is 0.198. The molecule has 0 aromatic heterocycles. The molecule has 0 radical (unpaired) electrons. The predicted octanol–water partition coefficient (Wildman–Crippen LogP) is 4.98. The lowest BCUT2D eigenvalue weighted by atomic mass is 9.99. The van der Waals surface area contributed by atoms with E-state index in [1.165, 1.54) is 36.1 Å². The fourth-order valence-corrected chi connectivity index (χ4v) is 4.04. The first-order valence-corrected chi connectivity index (χ1v) is 9.96. The summed E-state index contributed by atoms with van der Waals surface area (Å²) in [5, 5.41) is 0. The highest BCUT2D eigenvalue weighted by Crippen LogP contribution is 2.28. The van der Waals surface area contributed by atoms with Crippen molar-refractivity contribution in [3.8, 4) is 11.1 Å². The van der Waals surface area contributed by atoms with Gasteiger partial charge in [-0.1, -0.05) is 48.5 Å². The highest BCUT2D eigenvalue weighted by molar-refractivity contribution is 5.64.